The van der Waals surface area contributed by atoms with E-state index in [1.165, 1.54) is 31.2 Å². The van der Waals surface area contributed by atoms with Crippen LogP contribution in [0.5, 0.6) is 0 Å². The molecule has 1 unspecified atom stereocenters. The van der Waals surface area contributed by atoms with Gasteiger partial charge in [-0.15, -0.1) is 0 Å². The Kier molecular flexibility index (Phi) is 3.86. The van der Waals surface area contributed by atoms with Crippen LogP contribution in [0.15, 0.2) is 24.3 Å². The molecule has 3 N–H and O–H groups in total. The molecule has 84 valence electrons. The fourth-order valence-corrected chi connectivity index (χ4v) is 0.973. The second kappa shape index (κ2) is 5.14. The highest BCUT2D eigenvalue weighted by Gasteiger charge is 2.11. The first-order valence-corrected chi connectivity index (χ1v) is 4.55. The van der Waals surface area contributed by atoms with Crippen molar-refractivity contribution >= 4 is 6.03 Å². The number of urea groups is 1. The first-order valence-electron chi connectivity index (χ1n) is 4.55. The molecule has 0 radical (unpaired) electrons. The monoisotopic (exact) mass is 222 g/mol. The summed E-state index contributed by atoms with van der Waals surface area (Å²) in [5.41, 5.74) is 5.43. The van der Waals surface area contributed by atoms with E-state index >= 15 is 0 Å². The number of primary amides is 1. The van der Waals surface area contributed by atoms with Gasteiger partial charge in [0.05, 0.1) is 0 Å². The molecule has 0 bridgehead atoms. The van der Waals surface area contributed by atoms with E-state index in [1.807, 2.05) is 0 Å². The molecule has 1 aromatic rings. The van der Waals surface area contributed by atoms with Gasteiger partial charge in [-0.3, -0.25) is 5.21 Å². The first-order chi connectivity index (χ1) is 7.50. The summed E-state index contributed by atoms with van der Waals surface area (Å²) < 4.78 is 12.6. The molecule has 1 rings (SSSR count). The van der Waals surface area contributed by atoms with Crippen LogP contribution >= 0.6 is 0 Å². The summed E-state index contributed by atoms with van der Waals surface area (Å²) in [6.07, 6.45) is 0. The maximum atomic E-state index is 12.6. The molecule has 4 nitrogen and oxygen atoms in total. The van der Waals surface area contributed by atoms with Crippen molar-refractivity contribution < 1.29 is 14.4 Å². The molecule has 2 amide bonds. The van der Waals surface area contributed by atoms with Crippen molar-refractivity contribution in [3.8, 4) is 11.8 Å². The lowest BCUT2D eigenvalue weighted by molar-refractivity contribution is -0.0536. The number of carbonyl (C=O) groups is 1. The molecule has 0 heterocycles. The van der Waals surface area contributed by atoms with Gasteiger partial charge < -0.3 is 5.73 Å². The highest BCUT2D eigenvalue weighted by molar-refractivity contribution is 5.71. The van der Waals surface area contributed by atoms with Gasteiger partial charge in [-0.05, 0) is 31.2 Å². The van der Waals surface area contributed by atoms with E-state index < -0.39 is 12.1 Å². The van der Waals surface area contributed by atoms with Crippen LogP contribution in [-0.2, 0) is 0 Å². The predicted octanol–water partition coefficient (Wildman–Crippen LogP) is 1.34. The number of halogens is 1. The molecule has 1 aromatic carbocycles. The fraction of sp³-hybridized carbons (Fsp3) is 0.182. The molecule has 0 spiro atoms. The predicted molar refractivity (Wildman–Crippen MR) is 55.9 cm³/mol. The third kappa shape index (κ3) is 3.26. The molecule has 0 fully saturated rings. The average Bonchev–Trinajstić information content (AvgIpc) is 2.26. The van der Waals surface area contributed by atoms with Crippen LogP contribution in [0.2, 0.25) is 0 Å². The lowest BCUT2D eigenvalue weighted by Gasteiger charge is -2.14. The maximum Gasteiger partial charge on any atom is 0.339 e. The van der Waals surface area contributed by atoms with Gasteiger partial charge >= 0.3 is 6.03 Å². The van der Waals surface area contributed by atoms with E-state index in [4.69, 9.17) is 10.9 Å². The van der Waals surface area contributed by atoms with Gasteiger partial charge in [-0.1, -0.05) is 11.8 Å². The third-order valence-electron chi connectivity index (χ3n) is 1.86. The van der Waals surface area contributed by atoms with Crippen molar-refractivity contribution in [2.24, 2.45) is 5.73 Å². The number of hydrogen-bond acceptors (Lipinski definition) is 2. The van der Waals surface area contributed by atoms with E-state index in [9.17, 15) is 9.18 Å². The van der Waals surface area contributed by atoms with Crippen molar-refractivity contribution in [1.29, 1.82) is 0 Å². The van der Waals surface area contributed by atoms with Crippen LogP contribution in [0.1, 0.15) is 12.5 Å². The minimum Gasteiger partial charge on any atom is -0.350 e. The van der Waals surface area contributed by atoms with Crippen molar-refractivity contribution in [1.82, 2.24) is 5.06 Å². The Hall–Kier alpha value is -2.06. The van der Waals surface area contributed by atoms with Gasteiger partial charge in [0.15, 0.2) is 0 Å². The SMILES string of the molecule is CC(C#Cc1ccc(F)cc1)N(O)C(N)=O. The number of amides is 2. The topological polar surface area (TPSA) is 66.6 Å². The van der Waals surface area contributed by atoms with Crippen LogP contribution in [0, 0.1) is 17.7 Å². The molecule has 5 heteroatoms. The number of rotatable bonds is 1. The Balaban J connectivity index is 2.74. The summed E-state index contributed by atoms with van der Waals surface area (Å²) in [5, 5.41) is 9.44. The number of carbonyl (C=O) groups excluding carboxylic acids is 1. The van der Waals surface area contributed by atoms with E-state index in [0.717, 1.165) is 0 Å². The molecule has 0 aromatic heterocycles. The Labute approximate surface area is 92.4 Å². The van der Waals surface area contributed by atoms with Crippen LogP contribution in [0.4, 0.5) is 9.18 Å². The number of nitrogens with two attached hydrogens (primary N) is 1. The standard InChI is InChI=1S/C11H11FN2O2/c1-8(14(16)11(13)15)2-3-9-4-6-10(12)7-5-9/h4-8,16H,1H3,(H2,13,15). The lowest BCUT2D eigenvalue weighted by atomic mass is 10.2. The summed E-state index contributed by atoms with van der Waals surface area (Å²) in [7, 11) is 0. The van der Waals surface area contributed by atoms with Gasteiger partial charge in [0.25, 0.3) is 0 Å². The Morgan fingerprint density at radius 3 is 2.56 bits per heavy atom. The Morgan fingerprint density at radius 1 is 1.50 bits per heavy atom. The van der Waals surface area contributed by atoms with Gasteiger partial charge in [0.1, 0.15) is 11.9 Å². The highest BCUT2D eigenvalue weighted by atomic mass is 19.1. The van der Waals surface area contributed by atoms with Gasteiger partial charge in [0.2, 0.25) is 0 Å². The van der Waals surface area contributed by atoms with E-state index in [2.05, 4.69) is 11.8 Å². The maximum absolute atomic E-state index is 12.6. The molecule has 0 aliphatic rings. The van der Waals surface area contributed by atoms with Crippen LogP contribution < -0.4 is 5.73 Å². The number of hydroxylamine groups is 2. The molecule has 0 saturated carbocycles. The number of benzene rings is 1. The van der Waals surface area contributed by atoms with Crippen LogP contribution in [0.3, 0.4) is 0 Å². The highest BCUT2D eigenvalue weighted by Crippen LogP contribution is 2.01. The minimum atomic E-state index is -0.971. The second-order valence-corrected chi connectivity index (χ2v) is 3.14. The number of hydrogen-bond donors (Lipinski definition) is 2. The van der Waals surface area contributed by atoms with Gasteiger partial charge in [0, 0.05) is 5.56 Å². The summed E-state index contributed by atoms with van der Waals surface area (Å²) >= 11 is 0. The summed E-state index contributed by atoms with van der Waals surface area (Å²) in [6, 6.07) is 3.87. The zero-order chi connectivity index (χ0) is 12.1. The van der Waals surface area contributed by atoms with Crippen molar-refractivity contribution in [3.63, 3.8) is 0 Å². The molecule has 0 aliphatic carbocycles. The van der Waals surface area contributed by atoms with Gasteiger partial charge in [-0.2, -0.15) is 5.06 Å². The van der Waals surface area contributed by atoms with Crippen LogP contribution in [-0.4, -0.2) is 22.3 Å². The van der Waals surface area contributed by atoms with Crippen molar-refractivity contribution in [3.05, 3.63) is 35.6 Å². The first kappa shape index (κ1) is 12.0. The molecular weight excluding hydrogens is 211 g/mol. The lowest BCUT2D eigenvalue weighted by Crippen LogP contribution is -2.38. The summed E-state index contributed by atoms with van der Waals surface area (Å²) in [5.74, 6) is 4.94. The largest absolute Gasteiger partial charge is 0.350 e. The zero-order valence-electron chi connectivity index (χ0n) is 8.64. The molecule has 0 aliphatic heterocycles. The summed E-state index contributed by atoms with van der Waals surface area (Å²) in [4.78, 5) is 10.6. The second-order valence-electron chi connectivity index (χ2n) is 3.14. The zero-order valence-corrected chi connectivity index (χ0v) is 8.64. The van der Waals surface area contributed by atoms with E-state index in [1.54, 1.807) is 0 Å². The Morgan fingerprint density at radius 2 is 2.06 bits per heavy atom. The van der Waals surface area contributed by atoms with E-state index in [-0.39, 0.29) is 5.82 Å². The number of nitrogens with zero attached hydrogens (tertiary/aromatic N) is 1. The minimum absolute atomic E-state index is 0.330. The van der Waals surface area contributed by atoms with E-state index in [0.29, 0.717) is 10.6 Å². The normalized spacial score (nSPS) is 11.2. The van der Waals surface area contributed by atoms with Gasteiger partial charge in [-0.25, -0.2) is 9.18 Å². The average molecular weight is 222 g/mol. The fourth-order valence-electron chi connectivity index (χ4n) is 0.973. The Bertz CT molecular complexity index is 434. The molecule has 1 atom stereocenters. The smallest absolute Gasteiger partial charge is 0.339 e. The van der Waals surface area contributed by atoms with Crippen molar-refractivity contribution in [2.75, 3.05) is 0 Å². The van der Waals surface area contributed by atoms with Crippen molar-refractivity contribution in [2.45, 2.75) is 13.0 Å². The van der Waals surface area contributed by atoms with Crippen LogP contribution in [0.25, 0.3) is 0 Å². The molecule has 0 saturated heterocycles. The quantitative estimate of drug-likeness (QED) is 0.427. The molecular formula is C11H11FN2O2. The summed E-state index contributed by atoms with van der Waals surface area (Å²) in [6.45, 7) is 1.52. The molecule has 16 heavy (non-hydrogen) atoms. The third-order valence-corrected chi connectivity index (χ3v) is 1.86.